The normalized spacial score (nSPS) is 11.2. The van der Waals surface area contributed by atoms with Crippen molar-refractivity contribution in [2.24, 2.45) is 0 Å². The number of hydrogen-bond acceptors (Lipinski definition) is 6. The molecule has 1 aromatic carbocycles. The second-order valence-corrected chi connectivity index (χ2v) is 7.27. The average molecular weight is 411 g/mol. The molecule has 0 bridgehead atoms. The summed E-state index contributed by atoms with van der Waals surface area (Å²) in [4.78, 5) is 18.3. The van der Waals surface area contributed by atoms with Gasteiger partial charge in [0.05, 0.1) is 12.8 Å². The fourth-order valence-electron chi connectivity index (χ4n) is 2.48. The van der Waals surface area contributed by atoms with Crippen LogP contribution in [0.5, 0.6) is 0 Å². The highest BCUT2D eigenvalue weighted by molar-refractivity contribution is 7.09. The lowest BCUT2D eigenvalue weighted by Crippen LogP contribution is -2.14. The van der Waals surface area contributed by atoms with Crippen molar-refractivity contribution in [1.29, 1.82) is 0 Å². The number of thiophene rings is 1. The van der Waals surface area contributed by atoms with Gasteiger partial charge in [-0.25, -0.2) is 0 Å². The molecule has 0 fully saturated rings. The number of carbonyl (C=O) groups excluding carboxylic acids is 1. The molecule has 140 valence electrons. The number of rotatable bonds is 6. The summed E-state index contributed by atoms with van der Waals surface area (Å²) in [6.45, 7) is 0.544. The van der Waals surface area contributed by atoms with E-state index in [2.05, 4.69) is 15.4 Å². The molecule has 0 saturated heterocycles. The molecule has 4 aromatic rings. The van der Waals surface area contributed by atoms with Gasteiger partial charge < -0.3 is 9.73 Å². The van der Waals surface area contributed by atoms with Crippen molar-refractivity contribution in [2.45, 2.75) is 6.54 Å². The highest BCUT2D eigenvalue weighted by Gasteiger charge is 2.17. The highest BCUT2D eigenvalue weighted by atomic mass is 35.5. The SMILES string of the molecule is O=C(C=Cc1ccc(Cl)cc1)n1nc(-c2ccco2)nc1NCc1cccs1. The molecule has 0 unspecified atom stereocenters. The Morgan fingerprint density at radius 2 is 2.07 bits per heavy atom. The zero-order valence-corrected chi connectivity index (χ0v) is 16.2. The molecule has 0 aliphatic heterocycles. The molecule has 8 heteroatoms. The molecule has 0 amide bonds. The van der Waals surface area contributed by atoms with Gasteiger partial charge in [-0.3, -0.25) is 4.79 Å². The van der Waals surface area contributed by atoms with Crippen molar-refractivity contribution in [3.63, 3.8) is 0 Å². The van der Waals surface area contributed by atoms with E-state index in [4.69, 9.17) is 16.0 Å². The predicted molar refractivity (Wildman–Crippen MR) is 110 cm³/mol. The minimum Gasteiger partial charge on any atom is -0.461 e. The number of aromatic nitrogens is 3. The van der Waals surface area contributed by atoms with Gasteiger partial charge in [0.15, 0.2) is 5.76 Å². The highest BCUT2D eigenvalue weighted by Crippen LogP contribution is 2.20. The van der Waals surface area contributed by atoms with Crippen LogP contribution >= 0.6 is 22.9 Å². The number of benzene rings is 1. The quantitative estimate of drug-likeness (QED) is 0.441. The van der Waals surface area contributed by atoms with Gasteiger partial charge >= 0.3 is 0 Å². The lowest BCUT2D eigenvalue weighted by atomic mass is 10.2. The van der Waals surface area contributed by atoms with E-state index in [0.29, 0.717) is 29.1 Å². The second-order valence-electron chi connectivity index (χ2n) is 5.80. The molecule has 6 nitrogen and oxygen atoms in total. The summed E-state index contributed by atoms with van der Waals surface area (Å²) in [5, 5.41) is 10.1. The number of hydrogen-bond donors (Lipinski definition) is 1. The first-order valence-electron chi connectivity index (χ1n) is 8.44. The van der Waals surface area contributed by atoms with Crippen LogP contribution in [0.15, 0.2) is 70.7 Å². The van der Waals surface area contributed by atoms with Gasteiger partial charge in [-0.15, -0.1) is 16.4 Å². The molecule has 0 spiro atoms. The summed E-state index contributed by atoms with van der Waals surface area (Å²) in [5.74, 6) is 0.860. The number of furan rings is 1. The molecule has 3 heterocycles. The van der Waals surface area contributed by atoms with Gasteiger partial charge in [-0.1, -0.05) is 29.8 Å². The Labute approximate surface area is 170 Å². The fraction of sp³-hybridized carbons (Fsp3) is 0.0500. The molecule has 0 aliphatic rings. The van der Waals surface area contributed by atoms with Crippen molar-refractivity contribution in [3.05, 3.63) is 81.7 Å². The molecule has 0 radical (unpaired) electrons. The Morgan fingerprint density at radius 3 is 2.79 bits per heavy atom. The van der Waals surface area contributed by atoms with Gasteiger partial charge in [0.25, 0.3) is 5.91 Å². The number of anilines is 1. The summed E-state index contributed by atoms with van der Waals surface area (Å²) in [6.07, 6.45) is 4.69. The van der Waals surface area contributed by atoms with Crippen molar-refractivity contribution in [2.75, 3.05) is 5.32 Å². The van der Waals surface area contributed by atoms with E-state index in [0.717, 1.165) is 10.4 Å². The third kappa shape index (κ3) is 4.21. The maximum Gasteiger partial charge on any atom is 0.274 e. The maximum atomic E-state index is 12.7. The Kier molecular flexibility index (Phi) is 5.36. The van der Waals surface area contributed by atoms with Crippen LogP contribution in [0.3, 0.4) is 0 Å². The molecule has 0 aliphatic carbocycles. The number of carbonyl (C=O) groups is 1. The second kappa shape index (κ2) is 8.24. The van der Waals surface area contributed by atoms with Crippen LogP contribution in [0.4, 0.5) is 5.95 Å². The topological polar surface area (TPSA) is 73.0 Å². The molecule has 4 rings (SSSR count). The first-order valence-corrected chi connectivity index (χ1v) is 9.70. The molecule has 1 N–H and O–H groups in total. The average Bonchev–Trinajstić information content (AvgIpc) is 3.47. The molecule has 0 saturated carbocycles. The van der Waals surface area contributed by atoms with E-state index in [9.17, 15) is 4.79 Å². The lowest BCUT2D eigenvalue weighted by molar-refractivity contribution is 0.0957. The van der Waals surface area contributed by atoms with Gasteiger partial charge in [-0.2, -0.15) is 9.67 Å². The summed E-state index contributed by atoms with van der Waals surface area (Å²) in [5.41, 5.74) is 0.859. The van der Waals surface area contributed by atoms with E-state index in [-0.39, 0.29) is 5.91 Å². The standard InChI is InChI=1S/C20H15ClN4O2S/c21-15-8-5-14(6-9-15)7-10-18(26)25-20(22-13-16-3-2-12-28-16)23-19(24-25)17-4-1-11-27-17/h1-12H,13H2,(H,22,23,24). The Balaban J connectivity index is 1.59. The molecule has 0 atom stereocenters. The number of nitrogens with one attached hydrogen (secondary N) is 1. The minimum atomic E-state index is -0.325. The molecular formula is C20H15ClN4O2S. The van der Waals surface area contributed by atoms with Gasteiger partial charge in [0.1, 0.15) is 0 Å². The van der Waals surface area contributed by atoms with E-state index >= 15 is 0 Å². The third-order valence-electron chi connectivity index (χ3n) is 3.85. The largest absolute Gasteiger partial charge is 0.461 e. The fourth-order valence-corrected chi connectivity index (χ4v) is 3.25. The van der Waals surface area contributed by atoms with Gasteiger partial charge in [-0.05, 0) is 47.4 Å². The first kappa shape index (κ1) is 18.2. The first-order chi connectivity index (χ1) is 13.7. The predicted octanol–water partition coefficient (Wildman–Crippen LogP) is 5.22. The number of allylic oxidation sites excluding steroid dienone is 1. The maximum absolute atomic E-state index is 12.7. The van der Waals surface area contributed by atoms with Crippen molar-refractivity contribution in [1.82, 2.24) is 14.8 Å². The van der Waals surface area contributed by atoms with Crippen LogP contribution in [-0.4, -0.2) is 20.7 Å². The van der Waals surface area contributed by atoms with Crippen molar-refractivity contribution in [3.8, 4) is 11.6 Å². The van der Waals surface area contributed by atoms with E-state index in [1.165, 1.54) is 17.0 Å². The van der Waals surface area contributed by atoms with E-state index in [1.54, 1.807) is 41.7 Å². The zero-order valence-electron chi connectivity index (χ0n) is 14.6. The smallest absolute Gasteiger partial charge is 0.274 e. The summed E-state index contributed by atoms with van der Waals surface area (Å²) in [6, 6.07) is 14.7. The van der Waals surface area contributed by atoms with E-state index < -0.39 is 0 Å². The molecule has 28 heavy (non-hydrogen) atoms. The van der Waals surface area contributed by atoms with Crippen LogP contribution < -0.4 is 5.32 Å². The summed E-state index contributed by atoms with van der Waals surface area (Å²) in [7, 11) is 0. The monoisotopic (exact) mass is 410 g/mol. The van der Waals surface area contributed by atoms with Crippen LogP contribution in [0.1, 0.15) is 15.2 Å². The summed E-state index contributed by atoms with van der Waals surface area (Å²) >= 11 is 7.51. The number of halogens is 1. The Bertz CT molecular complexity index is 1080. The van der Waals surface area contributed by atoms with Gasteiger partial charge in [0, 0.05) is 16.0 Å². The van der Waals surface area contributed by atoms with Crippen molar-refractivity contribution < 1.29 is 9.21 Å². The van der Waals surface area contributed by atoms with Crippen LogP contribution in [0.25, 0.3) is 17.7 Å². The Hall–Kier alpha value is -3.16. The van der Waals surface area contributed by atoms with Crippen LogP contribution in [0.2, 0.25) is 5.02 Å². The van der Waals surface area contributed by atoms with Crippen molar-refractivity contribution >= 4 is 40.9 Å². The van der Waals surface area contributed by atoms with Crippen LogP contribution in [-0.2, 0) is 6.54 Å². The van der Waals surface area contributed by atoms with Crippen LogP contribution in [0, 0.1) is 0 Å². The Morgan fingerprint density at radius 1 is 1.21 bits per heavy atom. The third-order valence-corrected chi connectivity index (χ3v) is 4.98. The van der Waals surface area contributed by atoms with Gasteiger partial charge in [0.2, 0.25) is 11.8 Å². The minimum absolute atomic E-state index is 0.325. The zero-order chi connectivity index (χ0) is 19.3. The lowest BCUT2D eigenvalue weighted by Gasteiger charge is -2.04. The molecule has 3 aromatic heterocycles. The number of nitrogens with zero attached hydrogens (tertiary/aromatic N) is 3. The van der Waals surface area contributed by atoms with E-state index in [1.807, 2.05) is 29.6 Å². The molecular weight excluding hydrogens is 396 g/mol. The summed E-state index contributed by atoms with van der Waals surface area (Å²) < 4.78 is 6.59.